The van der Waals surface area contributed by atoms with E-state index in [1.54, 1.807) is 24.3 Å². The zero-order chi connectivity index (χ0) is 21.4. The number of carbonyl (C=O) groups is 3. The number of ether oxygens (including phenoxy) is 1. The molecule has 0 radical (unpaired) electrons. The van der Waals surface area contributed by atoms with Crippen molar-refractivity contribution in [2.45, 2.75) is 18.6 Å². The van der Waals surface area contributed by atoms with Crippen LogP contribution in [0, 0.1) is 0 Å². The fourth-order valence-electron chi connectivity index (χ4n) is 2.85. The lowest BCUT2D eigenvalue weighted by Crippen LogP contribution is -2.47. The Morgan fingerprint density at radius 3 is 2.38 bits per heavy atom. The molecule has 2 aromatic carbocycles. The van der Waals surface area contributed by atoms with Crippen molar-refractivity contribution in [2.75, 3.05) is 7.11 Å². The molecule has 1 heterocycles. The highest BCUT2D eigenvalue weighted by Crippen LogP contribution is 2.31. The Morgan fingerprint density at radius 2 is 1.79 bits per heavy atom. The van der Waals surface area contributed by atoms with Crippen LogP contribution in [-0.4, -0.2) is 30.0 Å². The summed E-state index contributed by atoms with van der Waals surface area (Å²) in [6.07, 6.45) is -4.54. The smallest absolute Gasteiger partial charge is 0.416 e. The Labute approximate surface area is 163 Å². The van der Waals surface area contributed by atoms with Gasteiger partial charge in [0.25, 0.3) is 11.8 Å². The summed E-state index contributed by atoms with van der Waals surface area (Å²) in [5.41, 5.74) is 0.0330. The average Bonchev–Trinajstić information content (AvgIpc) is 2.91. The number of carbonyl (C=O) groups excluding carboxylic acids is 3. The summed E-state index contributed by atoms with van der Waals surface area (Å²) < 4.78 is 43.0. The van der Waals surface area contributed by atoms with Gasteiger partial charge in [0.2, 0.25) is 0 Å². The molecule has 0 unspecified atom stereocenters. The average molecular weight is 407 g/mol. The van der Waals surface area contributed by atoms with Crippen LogP contribution in [-0.2, 0) is 16.5 Å². The fraction of sp³-hybridized carbons (Fsp3) is 0.211. The number of imide groups is 1. The molecule has 29 heavy (non-hydrogen) atoms. The van der Waals surface area contributed by atoms with Crippen molar-refractivity contribution in [2.24, 2.45) is 0 Å². The number of rotatable bonds is 4. The van der Waals surface area contributed by atoms with Gasteiger partial charge in [-0.2, -0.15) is 18.2 Å². The maximum absolute atomic E-state index is 12.8. The SMILES string of the molecule is COc1cccc([C@]2(C)NC(=O)N(NC(=O)c3ccc(C(F)(F)F)cc3)C2=O)c1. The van der Waals surface area contributed by atoms with Gasteiger partial charge in [-0.05, 0) is 48.9 Å². The highest BCUT2D eigenvalue weighted by atomic mass is 19.4. The first-order chi connectivity index (χ1) is 13.6. The van der Waals surface area contributed by atoms with Crippen molar-refractivity contribution in [3.63, 3.8) is 0 Å². The van der Waals surface area contributed by atoms with Crippen molar-refractivity contribution in [3.8, 4) is 5.75 Å². The summed E-state index contributed by atoms with van der Waals surface area (Å²) in [6, 6.07) is 9.00. The molecule has 0 aliphatic carbocycles. The van der Waals surface area contributed by atoms with E-state index in [4.69, 9.17) is 4.74 Å². The second kappa shape index (κ2) is 7.12. The lowest BCUT2D eigenvalue weighted by atomic mass is 9.92. The topological polar surface area (TPSA) is 87.7 Å². The van der Waals surface area contributed by atoms with Crippen LogP contribution in [0.2, 0.25) is 0 Å². The molecule has 3 rings (SSSR count). The van der Waals surface area contributed by atoms with E-state index in [9.17, 15) is 27.6 Å². The summed E-state index contributed by atoms with van der Waals surface area (Å²) in [7, 11) is 1.45. The molecule has 10 heteroatoms. The number of nitrogens with zero attached hydrogens (tertiary/aromatic N) is 1. The lowest BCUT2D eigenvalue weighted by molar-refractivity contribution is -0.137. The number of amides is 4. The molecule has 152 valence electrons. The van der Waals surface area contributed by atoms with E-state index >= 15 is 0 Å². The minimum Gasteiger partial charge on any atom is -0.497 e. The number of alkyl halides is 3. The van der Waals surface area contributed by atoms with Crippen LogP contribution in [0.25, 0.3) is 0 Å². The maximum Gasteiger partial charge on any atom is 0.416 e. The number of nitrogens with one attached hydrogen (secondary N) is 2. The van der Waals surface area contributed by atoms with Gasteiger partial charge in [-0.1, -0.05) is 12.1 Å². The van der Waals surface area contributed by atoms with Gasteiger partial charge < -0.3 is 10.1 Å². The Balaban J connectivity index is 1.80. The highest BCUT2D eigenvalue weighted by molar-refractivity contribution is 6.09. The summed E-state index contributed by atoms with van der Waals surface area (Å²) in [4.78, 5) is 37.4. The van der Waals surface area contributed by atoms with E-state index in [1.165, 1.54) is 14.0 Å². The maximum atomic E-state index is 12.8. The van der Waals surface area contributed by atoms with Gasteiger partial charge in [0, 0.05) is 5.56 Å². The monoisotopic (exact) mass is 407 g/mol. The number of benzene rings is 2. The van der Waals surface area contributed by atoms with Gasteiger partial charge in [0.1, 0.15) is 11.3 Å². The summed E-state index contributed by atoms with van der Waals surface area (Å²) >= 11 is 0. The third kappa shape index (κ3) is 3.73. The van der Waals surface area contributed by atoms with Crippen molar-refractivity contribution >= 4 is 17.8 Å². The van der Waals surface area contributed by atoms with Gasteiger partial charge in [-0.25, -0.2) is 4.79 Å². The van der Waals surface area contributed by atoms with Gasteiger partial charge in [-0.15, -0.1) is 0 Å². The Bertz CT molecular complexity index is 975. The van der Waals surface area contributed by atoms with E-state index in [-0.39, 0.29) is 5.56 Å². The van der Waals surface area contributed by atoms with Crippen molar-refractivity contribution in [1.29, 1.82) is 0 Å². The number of hydrazine groups is 1. The second-order valence-electron chi connectivity index (χ2n) is 6.44. The molecule has 1 fully saturated rings. The van der Waals surface area contributed by atoms with Crippen LogP contribution in [0.1, 0.15) is 28.4 Å². The molecule has 2 N–H and O–H groups in total. The zero-order valence-corrected chi connectivity index (χ0v) is 15.3. The first-order valence-corrected chi connectivity index (χ1v) is 8.36. The molecule has 7 nitrogen and oxygen atoms in total. The molecular weight excluding hydrogens is 391 g/mol. The van der Waals surface area contributed by atoms with Crippen LogP contribution in [0.15, 0.2) is 48.5 Å². The number of methoxy groups -OCH3 is 1. The molecular formula is C19H16F3N3O4. The number of halogens is 3. The molecule has 1 aliphatic rings. The Morgan fingerprint density at radius 1 is 1.14 bits per heavy atom. The Kier molecular flexibility index (Phi) is 4.95. The molecule has 2 aromatic rings. The molecule has 0 bridgehead atoms. The van der Waals surface area contributed by atoms with E-state index in [0.717, 1.165) is 24.3 Å². The summed E-state index contributed by atoms with van der Waals surface area (Å²) in [5, 5.41) is 3.00. The summed E-state index contributed by atoms with van der Waals surface area (Å²) in [6.45, 7) is 1.46. The predicted octanol–water partition coefficient (Wildman–Crippen LogP) is 2.83. The van der Waals surface area contributed by atoms with Gasteiger partial charge in [-0.3, -0.25) is 15.0 Å². The second-order valence-corrected chi connectivity index (χ2v) is 6.44. The normalized spacial score (nSPS) is 19.1. The fourth-order valence-corrected chi connectivity index (χ4v) is 2.85. The number of hydrogen-bond donors (Lipinski definition) is 2. The molecule has 1 saturated heterocycles. The molecule has 1 atom stereocenters. The van der Waals surface area contributed by atoms with E-state index < -0.39 is 35.1 Å². The Hall–Kier alpha value is -3.56. The molecule has 0 saturated carbocycles. The van der Waals surface area contributed by atoms with Crippen LogP contribution >= 0.6 is 0 Å². The molecule has 0 aromatic heterocycles. The van der Waals surface area contributed by atoms with Crippen LogP contribution in [0.4, 0.5) is 18.0 Å². The lowest BCUT2D eigenvalue weighted by Gasteiger charge is -2.22. The van der Waals surface area contributed by atoms with Crippen LogP contribution in [0.3, 0.4) is 0 Å². The number of urea groups is 1. The van der Waals surface area contributed by atoms with Crippen LogP contribution in [0.5, 0.6) is 5.75 Å². The minimum absolute atomic E-state index is 0.145. The van der Waals surface area contributed by atoms with E-state index in [0.29, 0.717) is 16.3 Å². The standard InChI is InChI=1S/C19H16F3N3O4/c1-18(13-4-3-5-14(10-13)29-2)16(27)25(17(28)23-18)24-15(26)11-6-8-12(9-7-11)19(20,21)22/h3-10H,1-2H3,(H,23,28)(H,24,26)/t18-/m0/s1. The van der Waals surface area contributed by atoms with Gasteiger partial charge in [0.05, 0.1) is 12.7 Å². The summed E-state index contributed by atoms with van der Waals surface area (Å²) in [5.74, 6) is -1.19. The molecule has 1 aliphatic heterocycles. The zero-order valence-electron chi connectivity index (χ0n) is 15.3. The molecule has 0 spiro atoms. The van der Waals surface area contributed by atoms with Gasteiger partial charge >= 0.3 is 12.2 Å². The van der Waals surface area contributed by atoms with Crippen molar-refractivity contribution < 1.29 is 32.3 Å². The largest absolute Gasteiger partial charge is 0.497 e. The first-order valence-electron chi connectivity index (χ1n) is 8.36. The van der Waals surface area contributed by atoms with Crippen LogP contribution < -0.4 is 15.5 Å². The third-order valence-corrected chi connectivity index (χ3v) is 4.53. The van der Waals surface area contributed by atoms with Crippen molar-refractivity contribution in [1.82, 2.24) is 15.8 Å². The molecule has 4 amide bonds. The third-order valence-electron chi connectivity index (χ3n) is 4.53. The number of hydrogen-bond acceptors (Lipinski definition) is 4. The quantitative estimate of drug-likeness (QED) is 0.763. The predicted molar refractivity (Wildman–Crippen MR) is 94.6 cm³/mol. The van der Waals surface area contributed by atoms with Gasteiger partial charge in [0.15, 0.2) is 0 Å². The van der Waals surface area contributed by atoms with E-state index in [2.05, 4.69) is 10.7 Å². The van der Waals surface area contributed by atoms with E-state index in [1.807, 2.05) is 0 Å². The highest BCUT2D eigenvalue weighted by Gasteiger charge is 2.50. The minimum atomic E-state index is -4.54. The first kappa shape index (κ1) is 20.2. The van der Waals surface area contributed by atoms with Crippen molar-refractivity contribution in [3.05, 3.63) is 65.2 Å².